The summed E-state index contributed by atoms with van der Waals surface area (Å²) in [6, 6.07) is 0. The third kappa shape index (κ3) is 2.44. The third-order valence-electron chi connectivity index (χ3n) is 5.78. The van der Waals surface area contributed by atoms with E-state index in [2.05, 4.69) is 0 Å². The average molecular weight is 358 g/mol. The lowest BCUT2D eigenvalue weighted by Crippen LogP contribution is -2.65. The van der Waals surface area contributed by atoms with E-state index in [9.17, 15) is 31.9 Å². The lowest BCUT2D eigenvalue weighted by molar-refractivity contribution is -0.347. The molecule has 0 amide bonds. The van der Waals surface area contributed by atoms with Crippen molar-refractivity contribution in [2.24, 2.45) is 11.3 Å². The van der Waals surface area contributed by atoms with E-state index >= 15 is 0 Å². The van der Waals surface area contributed by atoms with Crippen LogP contribution in [0.15, 0.2) is 0 Å². The van der Waals surface area contributed by atoms with Crippen LogP contribution in [0.5, 0.6) is 0 Å². The highest BCUT2D eigenvalue weighted by molar-refractivity contribution is 5.76. The van der Waals surface area contributed by atoms with Crippen molar-refractivity contribution in [1.82, 2.24) is 0 Å². The normalized spacial score (nSPS) is 36.3. The minimum Gasteiger partial charge on any atom is -0.452 e. The van der Waals surface area contributed by atoms with E-state index < -0.39 is 47.0 Å². The number of rotatable bonds is 3. The first-order chi connectivity index (χ1) is 10.8. The number of alkyl halides is 5. The van der Waals surface area contributed by atoms with E-state index in [1.165, 1.54) is 13.8 Å². The molecule has 0 bridgehead atoms. The van der Waals surface area contributed by atoms with Crippen molar-refractivity contribution in [2.75, 3.05) is 0 Å². The predicted octanol–water partition coefficient (Wildman–Crippen LogP) is 4.23. The van der Waals surface area contributed by atoms with Crippen LogP contribution < -0.4 is 0 Å². The van der Waals surface area contributed by atoms with Gasteiger partial charge in [0.2, 0.25) is 5.60 Å². The van der Waals surface area contributed by atoms with Gasteiger partial charge >= 0.3 is 18.1 Å². The molecule has 0 aliphatic heterocycles. The molecule has 8 heteroatoms. The molecule has 3 nitrogen and oxygen atoms in total. The molecule has 0 aromatic carbocycles. The second-order valence-electron chi connectivity index (χ2n) is 7.60. The van der Waals surface area contributed by atoms with Gasteiger partial charge in [-0.1, -0.05) is 13.3 Å². The number of hydrogen-bond donors (Lipinski definition) is 1. The average Bonchev–Trinajstić information content (AvgIpc) is 2.64. The molecule has 140 valence electrons. The molecular formula is C16H23F5O3. The van der Waals surface area contributed by atoms with Gasteiger partial charge in [-0.15, -0.1) is 0 Å². The number of aliphatic hydroxyl groups is 1. The van der Waals surface area contributed by atoms with Crippen LogP contribution in [0.2, 0.25) is 0 Å². The molecule has 2 saturated carbocycles. The number of carbonyl (C=O) groups excluding carboxylic acids is 1. The van der Waals surface area contributed by atoms with Crippen molar-refractivity contribution < 1.29 is 36.6 Å². The Morgan fingerprint density at radius 3 is 2.33 bits per heavy atom. The van der Waals surface area contributed by atoms with Gasteiger partial charge in [-0.3, -0.25) is 4.79 Å². The molecule has 24 heavy (non-hydrogen) atoms. The highest BCUT2D eigenvalue weighted by atomic mass is 19.4. The zero-order chi connectivity index (χ0) is 18.6. The summed E-state index contributed by atoms with van der Waals surface area (Å²) in [7, 11) is 0. The first-order valence-corrected chi connectivity index (χ1v) is 8.15. The van der Waals surface area contributed by atoms with Crippen LogP contribution in [-0.2, 0) is 9.53 Å². The number of carbonyl (C=O) groups is 1. The van der Waals surface area contributed by atoms with E-state index in [0.29, 0.717) is 12.8 Å². The number of esters is 1. The van der Waals surface area contributed by atoms with E-state index in [4.69, 9.17) is 4.74 Å². The zero-order valence-electron chi connectivity index (χ0n) is 14.0. The third-order valence-corrected chi connectivity index (χ3v) is 5.78. The van der Waals surface area contributed by atoms with Gasteiger partial charge in [-0.05, 0) is 46.0 Å². The Kier molecular flexibility index (Phi) is 4.48. The van der Waals surface area contributed by atoms with Gasteiger partial charge in [-0.25, -0.2) is 0 Å². The maximum atomic E-state index is 14.9. The van der Waals surface area contributed by atoms with Gasteiger partial charge in [0.25, 0.3) is 0 Å². The van der Waals surface area contributed by atoms with E-state index in [0.717, 1.165) is 0 Å². The highest BCUT2D eigenvalue weighted by Crippen LogP contribution is 2.64. The molecule has 0 aromatic heterocycles. The van der Waals surface area contributed by atoms with Gasteiger partial charge in [0.1, 0.15) is 0 Å². The second kappa shape index (κ2) is 5.54. The fraction of sp³-hybridized carbons (Fsp3) is 0.938. The van der Waals surface area contributed by atoms with Crippen molar-refractivity contribution in [3.8, 4) is 0 Å². The molecule has 2 aliphatic rings. The molecule has 3 unspecified atom stereocenters. The van der Waals surface area contributed by atoms with Crippen LogP contribution in [0.1, 0.15) is 59.3 Å². The summed E-state index contributed by atoms with van der Waals surface area (Å²) in [6.07, 6.45) is -5.99. The Labute approximate surface area is 137 Å². The highest BCUT2D eigenvalue weighted by Gasteiger charge is 2.84. The van der Waals surface area contributed by atoms with Crippen molar-refractivity contribution in [3.63, 3.8) is 0 Å². The predicted molar refractivity (Wildman–Crippen MR) is 75.4 cm³/mol. The van der Waals surface area contributed by atoms with Gasteiger partial charge < -0.3 is 9.84 Å². The number of halogens is 5. The minimum absolute atomic E-state index is 0.0633. The van der Waals surface area contributed by atoms with Crippen LogP contribution in [0.3, 0.4) is 0 Å². The number of ether oxygens (including phenoxy) is 1. The first kappa shape index (κ1) is 19.4. The SMILES string of the molecule is CCC(C)(C)C(=O)OC12CCCCC1CC(O)(C(F)(F)F)C2(F)F. The van der Waals surface area contributed by atoms with E-state index in [-0.39, 0.29) is 19.3 Å². The molecule has 0 radical (unpaired) electrons. The fourth-order valence-corrected chi connectivity index (χ4v) is 3.67. The van der Waals surface area contributed by atoms with E-state index in [1.807, 2.05) is 0 Å². The van der Waals surface area contributed by atoms with Crippen LogP contribution in [0.25, 0.3) is 0 Å². The smallest absolute Gasteiger partial charge is 0.423 e. The van der Waals surface area contributed by atoms with Gasteiger partial charge in [0, 0.05) is 5.92 Å². The molecule has 0 spiro atoms. The summed E-state index contributed by atoms with van der Waals surface area (Å²) >= 11 is 0. The summed E-state index contributed by atoms with van der Waals surface area (Å²) in [5.41, 5.74) is -7.86. The zero-order valence-corrected chi connectivity index (χ0v) is 14.0. The first-order valence-electron chi connectivity index (χ1n) is 8.15. The molecule has 0 saturated heterocycles. The van der Waals surface area contributed by atoms with Crippen LogP contribution in [-0.4, -0.2) is 34.4 Å². The number of fused-ring (bicyclic) bond motifs is 1. The Morgan fingerprint density at radius 2 is 1.83 bits per heavy atom. The van der Waals surface area contributed by atoms with Gasteiger partial charge in [0.05, 0.1) is 5.41 Å². The molecular weight excluding hydrogens is 335 g/mol. The fourth-order valence-electron chi connectivity index (χ4n) is 3.67. The topological polar surface area (TPSA) is 46.5 Å². The molecule has 2 aliphatic carbocycles. The van der Waals surface area contributed by atoms with Crippen molar-refractivity contribution in [3.05, 3.63) is 0 Å². The molecule has 3 atom stereocenters. The van der Waals surface area contributed by atoms with Crippen molar-refractivity contribution in [2.45, 2.75) is 82.6 Å². The largest absolute Gasteiger partial charge is 0.452 e. The summed E-state index contributed by atoms with van der Waals surface area (Å²) in [5.74, 6) is -6.77. The van der Waals surface area contributed by atoms with Crippen LogP contribution in [0, 0.1) is 11.3 Å². The Morgan fingerprint density at radius 1 is 1.25 bits per heavy atom. The molecule has 0 heterocycles. The lowest BCUT2D eigenvalue weighted by atomic mass is 9.75. The minimum atomic E-state index is -5.51. The molecule has 2 fully saturated rings. The maximum absolute atomic E-state index is 14.9. The summed E-state index contributed by atoms with van der Waals surface area (Å²) in [5, 5.41) is 9.86. The second-order valence-corrected chi connectivity index (χ2v) is 7.60. The molecule has 0 aromatic rings. The number of hydrogen-bond acceptors (Lipinski definition) is 3. The monoisotopic (exact) mass is 358 g/mol. The standard InChI is InChI=1S/C16H23F5O3/c1-4-12(2,3)11(22)24-13-8-6-5-7-10(13)9-14(23,15(13,17)18)16(19,20)21/h10,23H,4-9H2,1-3H3. The van der Waals surface area contributed by atoms with Crippen LogP contribution in [0.4, 0.5) is 22.0 Å². The summed E-state index contributed by atoms with van der Waals surface area (Å²) in [6.45, 7) is 4.65. The Bertz CT molecular complexity index is 516. The quantitative estimate of drug-likeness (QED) is 0.607. The lowest BCUT2D eigenvalue weighted by Gasteiger charge is -2.45. The van der Waals surface area contributed by atoms with Crippen molar-refractivity contribution >= 4 is 5.97 Å². The van der Waals surface area contributed by atoms with Gasteiger partial charge in [0.15, 0.2) is 5.60 Å². The Hall–Kier alpha value is -0.920. The van der Waals surface area contributed by atoms with E-state index in [1.54, 1.807) is 6.92 Å². The van der Waals surface area contributed by atoms with Gasteiger partial charge in [-0.2, -0.15) is 22.0 Å². The molecule has 2 rings (SSSR count). The van der Waals surface area contributed by atoms with Crippen molar-refractivity contribution in [1.29, 1.82) is 0 Å². The van der Waals surface area contributed by atoms with Crippen LogP contribution >= 0.6 is 0 Å². The summed E-state index contributed by atoms with van der Waals surface area (Å²) in [4.78, 5) is 12.3. The maximum Gasteiger partial charge on any atom is 0.423 e. The Balaban J connectivity index is 2.49. The summed E-state index contributed by atoms with van der Waals surface area (Å²) < 4.78 is 74.5. The molecule has 1 N–H and O–H groups in total.